The number of anilines is 1. The Morgan fingerprint density at radius 3 is 2.57 bits per heavy atom. The number of carboxylic acids is 1. The molecule has 4 heteroatoms. The van der Waals surface area contributed by atoms with Crippen molar-refractivity contribution >= 4 is 17.4 Å². The number of carboxylic acid groups (broad SMARTS) is 1. The molecule has 4 nitrogen and oxygen atoms in total. The van der Waals surface area contributed by atoms with Crippen molar-refractivity contribution in [3.8, 4) is 0 Å². The first-order chi connectivity index (χ1) is 6.52. The number of rotatable bonds is 3. The van der Waals surface area contributed by atoms with Crippen LogP contribution in [0.5, 0.6) is 0 Å². The van der Waals surface area contributed by atoms with Crippen molar-refractivity contribution in [2.24, 2.45) is 0 Å². The fourth-order valence-corrected chi connectivity index (χ4v) is 1.22. The predicted octanol–water partition coefficient (Wildman–Crippen LogP) is 1.10. The summed E-state index contributed by atoms with van der Waals surface area (Å²) < 4.78 is 0. The molecule has 0 unspecified atom stereocenters. The molecule has 1 rings (SSSR count). The van der Waals surface area contributed by atoms with Gasteiger partial charge in [0.2, 0.25) is 0 Å². The van der Waals surface area contributed by atoms with Crippen LogP contribution in [0.4, 0.5) is 5.69 Å². The fourth-order valence-electron chi connectivity index (χ4n) is 1.22. The number of Topliss-reactive ketones (excluding diaryl/α,β-unsaturated/α-hetero) is 1. The number of carbonyl (C=O) groups is 2. The molecule has 1 aromatic carbocycles. The third-order valence-electron chi connectivity index (χ3n) is 1.87. The number of carbonyl (C=O) groups excluding carboxylic acids is 1. The molecule has 0 aliphatic carbocycles. The van der Waals surface area contributed by atoms with E-state index in [1.165, 1.54) is 13.0 Å². The van der Waals surface area contributed by atoms with E-state index in [1.807, 2.05) is 0 Å². The highest BCUT2D eigenvalue weighted by molar-refractivity contribution is 5.95. The molecular weight excluding hydrogens is 182 g/mol. The van der Waals surface area contributed by atoms with Gasteiger partial charge in [-0.3, -0.25) is 4.79 Å². The summed E-state index contributed by atoms with van der Waals surface area (Å²) >= 11 is 0. The minimum atomic E-state index is -1.08. The lowest BCUT2D eigenvalue weighted by Gasteiger charge is -2.05. The number of benzene rings is 1. The zero-order valence-corrected chi connectivity index (χ0v) is 7.78. The van der Waals surface area contributed by atoms with Crippen molar-refractivity contribution in [2.75, 3.05) is 5.73 Å². The van der Waals surface area contributed by atoms with Gasteiger partial charge < -0.3 is 10.8 Å². The third-order valence-corrected chi connectivity index (χ3v) is 1.87. The van der Waals surface area contributed by atoms with E-state index in [4.69, 9.17) is 10.8 Å². The van der Waals surface area contributed by atoms with E-state index in [2.05, 4.69) is 0 Å². The molecule has 0 atom stereocenters. The standard InChI is InChI=1S/C10H11NO3/c1-6(12)5-7-3-2-4-8(9(7)11)10(13)14/h2-4H,5,11H2,1H3,(H,13,14). The Hall–Kier alpha value is -1.84. The van der Waals surface area contributed by atoms with Gasteiger partial charge in [0.15, 0.2) is 0 Å². The smallest absolute Gasteiger partial charge is 0.337 e. The maximum Gasteiger partial charge on any atom is 0.337 e. The zero-order valence-electron chi connectivity index (χ0n) is 7.78. The number of hydrogen-bond acceptors (Lipinski definition) is 3. The predicted molar refractivity (Wildman–Crippen MR) is 52.2 cm³/mol. The van der Waals surface area contributed by atoms with Gasteiger partial charge in [-0.2, -0.15) is 0 Å². The minimum absolute atomic E-state index is 0.0424. The molecule has 74 valence electrons. The largest absolute Gasteiger partial charge is 0.478 e. The average Bonchev–Trinajstić information content (AvgIpc) is 2.07. The lowest BCUT2D eigenvalue weighted by molar-refractivity contribution is -0.116. The van der Waals surface area contributed by atoms with E-state index >= 15 is 0 Å². The highest BCUT2D eigenvalue weighted by Gasteiger charge is 2.11. The van der Waals surface area contributed by atoms with Gasteiger partial charge in [0.1, 0.15) is 5.78 Å². The fraction of sp³-hybridized carbons (Fsp3) is 0.200. The molecule has 0 fully saturated rings. The summed E-state index contributed by atoms with van der Waals surface area (Å²) in [6.45, 7) is 1.44. The van der Waals surface area contributed by atoms with Crippen LogP contribution in [0.15, 0.2) is 18.2 Å². The number of aromatic carboxylic acids is 1. The number of nitrogen functional groups attached to an aromatic ring is 1. The number of para-hydroxylation sites is 1. The Kier molecular flexibility index (Phi) is 2.86. The van der Waals surface area contributed by atoms with E-state index in [1.54, 1.807) is 12.1 Å². The van der Waals surface area contributed by atoms with E-state index in [0.29, 0.717) is 5.56 Å². The molecule has 3 N–H and O–H groups in total. The van der Waals surface area contributed by atoms with Gasteiger partial charge in [0, 0.05) is 12.1 Å². The molecule has 14 heavy (non-hydrogen) atoms. The van der Waals surface area contributed by atoms with Crippen molar-refractivity contribution in [1.29, 1.82) is 0 Å². The van der Waals surface area contributed by atoms with E-state index in [0.717, 1.165) is 0 Å². The molecule has 1 aromatic rings. The van der Waals surface area contributed by atoms with Crippen molar-refractivity contribution in [3.63, 3.8) is 0 Å². The first-order valence-corrected chi connectivity index (χ1v) is 4.12. The molecule has 0 saturated carbocycles. The van der Waals surface area contributed by atoms with Gasteiger partial charge in [0.25, 0.3) is 0 Å². The number of ketones is 1. The number of hydrogen-bond donors (Lipinski definition) is 2. The highest BCUT2D eigenvalue weighted by atomic mass is 16.4. The molecule has 0 heterocycles. The van der Waals surface area contributed by atoms with Crippen molar-refractivity contribution in [3.05, 3.63) is 29.3 Å². The maximum atomic E-state index is 10.8. The maximum absolute atomic E-state index is 10.8. The average molecular weight is 193 g/mol. The van der Waals surface area contributed by atoms with Crippen LogP contribution in [-0.2, 0) is 11.2 Å². The van der Waals surface area contributed by atoms with Gasteiger partial charge in [-0.1, -0.05) is 12.1 Å². The monoisotopic (exact) mass is 193 g/mol. The van der Waals surface area contributed by atoms with Crippen LogP contribution in [0.3, 0.4) is 0 Å². The summed E-state index contributed by atoms with van der Waals surface area (Å²) in [5.41, 5.74) is 6.39. The lowest BCUT2D eigenvalue weighted by Crippen LogP contribution is -2.07. The molecule has 0 radical (unpaired) electrons. The molecule has 0 aliphatic rings. The molecule has 0 aromatic heterocycles. The molecule has 0 spiro atoms. The lowest BCUT2D eigenvalue weighted by atomic mass is 10.0. The topological polar surface area (TPSA) is 80.4 Å². The summed E-state index contributed by atoms with van der Waals surface area (Å²) in [7, 11) is 0. The van der Waals surface area contributed by atoms with Gasteiger partial charge in [-0.15, -0.1) is 0 Å². The molecule has 0 saturated heterocycles. The van der Waals surface area contributed by atoms with E-state index < -0.39 is 5.97 Å². The van der Waals surface area contributed by atoms with Crippen LogP contribution < -0.4 is 5.73 Å². The van der Waals surface area contributed by atoms with Crippen LogP contribution >= 0.6 is 0 Å². The SMILES string of the molecule is CC(=O)Cc1cccc(C(=O)O)c1N. The Balaban J connectivity index is 3.13. The molecule has 0 bridgehead atoms. The molecule has 0 amide bonds. The van der Waals surface area contributed by atoms with E-state index in [9.17, 15) is 9.59 Å². The van der Waals surface area contributed by atoms with Crippen molar-refractivity contribution < 1.29 is 14.7 Å². The second-order valence-corrected chi connectivity index (χ2v) is 3.06. The molecular formula is C10H11NO3. The minimum Gasteiger partial charge on any atom is -0.478 e. The van der Waals surface area contributed by atoms with Gasteiger partial charge in [-0.05, 0) is 18.6 Å². The summed E-state index contributed by atoms with van der Waals surface area (Å²) in [5.74, 6) is -1.12. The summed E-state index contributed by atoms with van der Waals surface area (Å²) in [6, 6.07) is 4.66. The zero-order chi connectivity index (χ0) is 10.7. The summed E-state index contributed by atoms with van der Waals surface area (Å²) in [4.78, 5) is 21.5. The Morgan fingerprint density at radius 2 is 2.07 bits per heavy atom. The Bertz CT molecular complexity index is 385. The van der Waals surface area contributed by atoms with Crippen LogP contribution in [0.2, 0.25) is 0 Å². The second kappa shape index (κ2) is 3.91. The summed E-state index contributed by atoms with van der Waals surface area (Å²) in [5, 5.41) is 8.76. The van der Waals surface area contributed by atoms with E-state index in [-0.39, 0.29) is 23.5 Å². The van der Waals surface area contributed by atoms with Gasteiger partial charge in [-0.25, -0.2) is 4.79 Å². The first-order valence-electron chi connectivity index (χ1n) is 4.12. The van der Waals surface area contributed by atoms with Crippen molar-refractivity contribution in [1.82, 2.24) is 0 Å². The summed E-state index contributed by atoms with van der Waals surface area (Å²) in [6.07, 6.45) is 0.174. The normalized spacial score (nSPS) is 9.79. The quantitative estimate of drug-likeness (QED) is 0.704. The molecule has 0 aliphatic heterocycles. The first kappa shape index (κ1) is 10.2. The van der Waals surface area contributed by atoms with Gasteiger partial charge in [0.05, 0.1) is 5.56 Å². The Morgan fingerprint density at radius 1 is 1.43 bits per heavy atom. The van der Waals surface area contributed by atoms with Crippen LogP contribution in [0.25, 0.3) is 0 Å². The highest BCUT2D eigenvalue weighted by Crippen LogP contribution is 2.18. The van der Waals surface area contributed by atoms with Crippen LogP contribution in [-0.4, -0.2) is 16.9 Å². The van der Waals surface area contributed by atoms with Crippen LogP contribution in [0, 0.1) is 0 Å². The third kappa shape index (κ3) is 2.10. The van der Waals surface area contributed by atoms with Crippen LogP contribution in [0.1, 0.15) is 22.8 Å². The van der Waals surface area contributed by atoms with Gasteiger partial charge >= 0.3 is 5.97 Å². The second-order valence-electron chi connectivity index (χ2n) is 3.06. The Labute approximate surface area is 81.3 Å². The van der Waals surface area contributed by atoms with Crippen molar-refractivity contribution in [2.45, 2.75) is 13.3 Å². The number of nitrogens with two attached hydrogens (primary N) is 1.